The highest BCUT2D eigenvalue weighted by atomic mass is 79.9. The molecule has 0 fully saturated rings. The van der Waals surface area contributed by atoms with Gasteiger partial charge in [-0.3, -0.25) is 9.36 Å². The maximum atomic E-state index is 13.8. The molecule has 0 aliphatic carbocycles. The zero-order chi connectivity index (χ0) is 27.6. The molecule has 1 N–H and O–H groups in total. The highest BCUT2D eigenvalue weighted by Gasteiger charge is 2.35. The molecule has 1 atom stereocenters. The van der Waals surface area contributed by atoms with Crippen LogP contribution in [0.15, 0.2) is 68.0 Å². The number of halogens is 1. The molecule has 1 aromatic heterocycles. The average Bonchev–Trinajstić information content (AvgIpc) is 3.16. The quantitative estimate of drug-likeness (QED) is 0.394. The Morgan fingerprint density at radius 3 is 2.55 bits per heavy atom. The number of allylic oxidation sites excluding steroid dienone is 1. The van der Waals surface area contributed by atoms with E-state index in [1.807, 2.05) is 12.1 Å². The molecule has 1 aliphatic rings. The van der Waals surface area contributed by atoms with Crippen molar-refractivity contribution >= 4 is 45.3 Å². The summed E-state index contributed by atoms with van der Waals surface area (Å²) in [6.45, 7) is 4.80. The van der Waals surface area contributed by atoms with Crippen molar-refractivity contribution in [2.45, 2.75) is 32.9 Å². The van der Waals surface area contributed by atoms with Crippen LogP contribution in [0.4, 0.5) is 0 Å². The first kappa shape index (κ1) is 27.3. The van der Waals surface area contributed by atoms with E-state index in [9.17, 15) is 14.4 Å². The molecule has 2 heterocycles. The first-order chi connectivity index (χ1) is 18.1. The van der Waals surface area contributed by atoms with E-state index in [0.29, 0.717) is 37.7 Å². The second-order valence-corrected chi connectivity index (χ2v) is 10.6. The van der Waals surface area contributed by atoms with Crippen LogP contribution in [-0.2, 0) is 14.3 Å². The number of benzene rings is 2. The Hall–Kier alpha value is -3.70. The second-order valence-electron chi connectivity index (χ2n) is 8.67. The molecule has 0 saturated heterocycles. The smallest absolute Gasteiger partial charge is 0.341 e. The lowest BCUT2D eigenvalue weighted by atomic mass is 9.95. The monoisotopic (exact) mass is 600 g/mol. The molecule has 11 heteroatoms. The summed E-state index contributed by atoms with van der Waals surface area (Å²) < 4.78 is 19.0. The standard InChI is InChI=1S/C27H25BrN2O7S/c1-14(2)37-26(34)23-15(3)29-27-30(24(23)19-12-17(28)7-10-20(19)35-4)25(33)21(38-27)11-16-5-8-18(9-6-16)36-13-22(31)32/h5-12,14,24H,13H2,1-4H3,(H,31,32)/b21-11-/t24-/m1/s1. The fourth-order valence-electron chi connectivity index (χ4n) is 4.03. The van der Waals surface area contributed by atoms with Gasteiger partial charge in [-0.05, 0) is 62.7 Å². The van der Waals surface area contributed by atoms with Crippen LogP contribution < -0.4 is 24.4 Å². The van der Waals surface area contributed by atoms with Gasteiger partial charge < -0.3 is 19.3 Å². The maximum Gasteiger partial charge on any atom is 0.341 e. The molecule has 1 aliphatic heterocycles. The molecule has 2 aromatic carbocycles. The third-order valence-corrected chi connectivity index (χ3v) is 7.09. The Morgan fingerprint density at radius 1 is 1.21 bits per heavy atom. The van der Waals surface area contributed by atoms with Crippen LogP contribution in [0.1, 0.15) is 37.9 Å². The van der Waals surface area contributed by atoms with E-state index < -0.39 is 24.6 Å². The highest BCUT2D eigenvalue weighted by Crippen LogP contribution is 2.37. The zero-order valence-corrected chi connectivity index (χ0v) is 23.5. The topological polar surface area (TPSA) is 116 Å². The summed E-state index contributed by atoms with van der Waals surface area (Å²) in [5.41, 5.74) is 1.71. The van der Waals surface area contributed by atoms with Gasteiger partial charge in [-0.25, -0.2) is 14.6 Å². The second kappa shape index (κ2) is 11.4. The molecule has 38 heavy (non-hydrogen) atoms. The Morgan fingerprint density at radius 2 is 1.92 bits per heavy atom. The minimum Gasteiger partial charge on any atom is -0.496 e. The number of hydrogen-bond acceptors (Lipinski definition) is 8. The number of carbonyl (C=O) groups excluding carboxylic acids is 1. The predicted octanol–water partition coefficient (Wildman–Crippen LogP) is 3.42. The van der Waals surface area contributed by atoms with Gasteiger partial charge in [0.1, 0.15) is 17.5 Å². The molecular weight excluding hydrogens is 576 g/mol. The van der Waals surface area contributed by atoms with Gasteiger partial charge in [0.15, 0.2) is 11.4 Å². The number of rotatable bonds is 8. The number of fused-ring (bicyclic) bond motifs is 1. The van der Waals surface area contributed by atoms with Crippen molar-refractivity contribution in [3.63, 3.8) is 0 Å². The van der Waals surface area contributed by atoms with Crippen molar-refractivity contribution in [2.24, 2.45) is 4.99 Å². The number of thiazole rings is 1. The van der Waals surface area contributed by atoms with E-state index in [1.54, 1.807) is 57.2 Å². The number of aliphatic carboxylic acids is 1. The summed E-state index contributed by atoms with van der Waals surface area (Å²) in [4.78, 5) is 42.8. The first-order valence-corrected chi connectivity index (χ1v) is 13.2. The van der Waals surface area contributed by atoms with Crippen LogP contribution in [0.5, 0.6) is 11.5 Å². The van der Waals surface area contributed by atoms with Crippen LogP contribution in [0, 0.1) is 0 Å². The Kier molecular flexibility index (Phi) is 8.17. The van der Waals surface area contributed by atoms with Gasteiger partial charge in [-0.1, -0.05) is 39.4 Å². The van der Waals surface area contributed by atoms with E-state index in [1.165, 1.54) is 23.0 Å². The number of nitrogens with zero attached hydrogens (tertiary/aromatic N) is 2. The number of ether oxygens (including phenoxy) is 3. The van der Waals surface area contributed by atoms with E-state index in [4.69, 9.17) is 19.3 Å². The number of carbonyl (C=O) groups is 2. The molecule has 4 rings (SSSR count). The molecule has 0 saturated carbocycles. The third kappa shape index (κ3) is 5.73. The fraction of sp³-hybridized carbons (Fsp3) is 0.259. The highest BCUT2D eigenvalue weighted by molar-refractivity contribution is 9.10. The van der Waals surface area contributed by atoms with Gasteiger partial charge in [0.05, 0.1) is 29.0 Å². The molecule has 198 valence electrons. The lowest BCUT2D eigenvalue weighted by molar-refractivity contribution is -0.143. The molecule has 9 nitrogen and oxygen atoms in total. The van der Waals surface area contributed by atoms with Crippen LogP contribution in [-0.4, -0.2) is 41.4 Å². The normalized spacial score (nSPS) is 15.2. The van der Waals surface area contributed by atoms with Crippen molar-refractivity contribution in [3.8, 4) is 11.5 Å². The SMILES string of the molecule is COc1ccc(Br)cc1[C@@H]1C(C(=O)OC(C)C)=C(C)N=c2s/c(=C\c3ccc(OCC(=O)O)cc3)c(=O)n21. The lowest BCUT2D eigenvalue weighted by Gasteiger charge is -2.26. The summed E-state index contributed by atoms with van der Waals surface area (Å²) in [7, 11) is 1.53. The van der Waals surface area contributed by atoms with Crippen LogP contribution in [0.3, 0.4) is 0 Å². The summed E-state index contributed by atoms with van der Waals surface area (Å²) in [5.74, 6) is -0.718. The van der Waals surface area contributed by atoms with Gasteiger partial charge in [0.25, 0.3) is 5.56 Å². The summed E-state index contributed by atoms with van der Waals surface area (Å²) >= 11 is 4.70. The molecule has 0 bridgehead atoms. The first-order valence-electron chi connectivity index (χ1n) is 11.6. The van der Waals surface area contributed by atoms with Crippen LogP contribution in [0.2, 0.25) is 0 Å². The summed E-state index contributed by atoms with van der Waals surface area (Å²) in [6.07, 6.45) is 1.35. The minimum absolute atomic E-state index is 0.258. The van der Waals surface area contributed by atoms with Gasteiger partial charge in [0.2, 0.25) is 0 Å². The maximum absolute atomic E-state index is 13.8. The van der Waals surface area contributed by atoms with E-state index in [0.717, 1.165) is 4.47 Å². The largest absolute Gasteiger partial charge is 0.496 e. The van der Waals surface area contributed by atoms with Gasteiger partial charge in [-0.15, -0.1) is 0 Å². The zero-order valence-electron chi connectivity index (χ0n) is 21.1. The van der Waals surface area contributed by atoms with Crippen molar-refractivity contribution in [2.75, 3.05) is 13.7 Å². The molecule has 0 spiro atoms. The molecule has 0 unspecified atom stereocenters. The van der Waals surface area contributed by atoms with E-state index in [2.05, 4.69) is 20.9 Å². The number of aromatic nitrogens is 1. The van der Waals surface area contributed by atoms with Gasteiger partial charge >= 0.3 is 11.9 Å². The Bertz CT molecular complexity index is 1600. The number of hydrogen-bond donors (Lipinski definition) is 1. The van der Waals surface area contributed by atoms with Crippen molar-refractivity contribution in [1.29, 1.82) is 0 Å². The number of carboxylic acid groups (broad SMARTS) is 1. The predicted molar refractivity (Wildman–Crippen MR) is 145 cm³/mol. The Balaban J connectivity index is 1.87. The minimum atomic E-state index is -1.07. The van der Waals surface area contributed by atoms with Crippen LogP contribution >= 0.6 is 27.3 Å². The number of esters is 1. The fourth-order valence-corrected chi connectivity index (χ4v) is 5.46. The molecule has 0 amide bonds. The molecule has 0 radical (unpaired) electrons. The van der Waals surface area contributed by atoms with Crippen molar-refractivity contribution < 1.29 is 28.9 Å². The van der Waals surface area contributed by atoms with Crippen molar-refractivity contribution in [3.05, 3.63) is 89.0 Å². The third-order valence-electron chi connectivity index (χ3n) is 5.61. The van der Waals surface area contributed by atoms with Crippen LogP contribution in [0.25, 0.3) is 6.08 Å². The lowest BCUT2D eigenvalue weighted by Crippen LogP contribution is -2.40. The van der Waals surface area contributed by atoms with E-state index in [-0.39, 0.29) is 17.2 Å². The average molecular weight is 601 g/mol. The summed E-state index contributed by atoms with van der Waals surface area (Å²) in [6, 6.07) is 11.3. The number of methoxy groups -OCH3 is 1. The number of carboxylic acids is 1. The Labute approximate surface area is 230 Å². The van der Waals surface area contributed by atoms with Crippen molar-refractivity contribution in [1.82, 2.24) is 4.57 Å². The van der Waals surface area contributed by atoms with E-state index >= 15 is 0 Å². The van der Waals surface area contributed by atoms with Gasteiger partial charge in [-0.2, -0.15) is 0 Å². The molecular formula is C27H25BrN2O7S. The van der Waals surface area contributed by atoms with Gasteiger partial charge in [0, 0.05) is 10.0 Å². The molecule has 3 aromatic rings. The summed E-state index contributed by atoms with van der Waals surface area (Å²) in [5, 5.41) is 8.78.